The molecule has 35 heavy (non-hydrogen) atoms. The molecule has 2 N–H and O–H groups in total. The van der Waals surface area contributed by atoms with Crippen LogP contribution in [-0.4, -0.2) is 34.0 Å². The van der Waals surface area contributed by atoms with E-state index in [2.05, 4.69) is 19.2 Å². The molecule has 4 aliphatic rings. The average molecular weight is 507 g/mol. The smallest absolute Gasteiger partial charge is 0.322 e. The minimum atomic E-state index is -2.71. The summed E-state index contributed by atoms with van der Waals surface area (Å²) in [4.78, 5) is 25.9. The Morgan fingerprint density at radius 2 is 1.83 bits per heavy atom. The topological polar surface area (TPSA) is 69.6 Å². The molecular weight excluding hydrogens is 474 g/mol. The van der Waals surface area contributed by atoms with E-state index in [1.807, 2.05) is 25.1 Å². The van der Waals surface area contributed by atoms with Gasteiger partial charge in [-0.3, -0.25) is 9.69 Å². The third-order valence-electron chi connectivity index (χ3n) is 8.97. The number of halogens is 3. The summed E-state index contributed by atoms with van der Waals surface area (Å²) in [5.41, 5.74) is 1.65. The molecule has 0 bridgehead atoms. The van der Waals surface area contributed by atoms with Gasteiger partial charge in [0, 0.05) is 30.1 Å². The number of carboxylic acid groups (broad SMARTS) is 1. The van der Waals surface area contributed by atoms with Gasteiger partial charge in [-0.05, 0) is 79.0 Å². The van der Waals surface area contributed by atoms with Crippen LogP contribution in [0.1, 0.15) is 76.3 Å². The maximum Gasteiger partial charge on any atom is 0.322 e. The van der Waals surface area contributed by atoms with Crippen LogP contribution in [-0.2, 0) is 10.3 Å². The summed E-state index contributed by atoms with van der Waals surface area (Å²) in [7, 11) is 0. The van der Waals surface area contributed by atoms with Crippen molar-refractivity contribution in [2.45, 2.75) is 82.7 Å². The predicted octanol–water partition coefficient (Wildman–Crippen LogP) is 6.52. The number of hydrogen-bond donors (Lipinski definition) is 2. The van der Waals surface area contributed by atoms with Crippen LogP contribution < -0.4 is 5.32 Å². The lowest BCUT2D eigenvalue weighted by atomic mass is 9.66. The predicted molar refractivity (Wildman–Crippen MR) is 129 cm³/mol. The van der Waals surface area contributed by atoms with E-state index in [-0.39, 0.29) is 30.8 Å². The second-order valence-corrected chi connectivity index (χ2v) is 12.0. The number of nitrogens with zero attached hydrogens (tertiary/aromatic N) is 1. The van der Waals surface area contributed by atoms with E-state index in [0.717, 1.165) is 29.5 Å². The largest absolute Gasteiger partial charge is 0.481 e. The van der Waals surface area contributed by atoms with Crippen LogP contribution in [0.15, 0.2) is 30.0 Å². The number of rotatable bonds is 6. The second-order valence-electron chi connectivity index (χ2n) is 11.6. The number of amides is 2. The van der Waals surface area contributed by atoms with E-state index in [4.69, 9.17) is 11.6 Å². The Bertz CT molecular complexity index is 1070. The summed E-state index contributed by atoms with van der Waals surface area (Å²) < 4.78 is 27.7. The Kier molecular flexibility index (Phi) is 5.93. The second kappa shape index (κ2) is 8.46. The highest BCUT2D eigenvalue weighted by atomic mass is 35.5. The lowest BCUT2D eigenvalue weighted by Gasteiger charge is -2.50. The normalized spacial score (nSPS) is 34.4. The Labute approximate surface area is 209 Å². The number of carbonyl (C=O) groups excluding carboxylic acids is 1. The molecule has 2 amide bonds. The summed E-state index contributed by atoms with van der Waals surface area (Å²) in [6.07, 6.45) is 4.15. The molecule has 1 aromatic carbocycles. The first-order chi connectivity index (χ1) is 16.4. The van der Waals surface area contributed by atoms with Crippen LogP contribution in [0.2, 0.25) is 5.02 Å². The van der Waals surface area contributed by atoms with Crippen LogP contribution in [0.5, 0.6) is 0 Å². The van der Waals surface area contributed by atoms with Crippen molar-refractivity contribution in [2.24, 2.45) is 23.7 Å². The summed E-state index contributed by atoms with van der Waals surface area (Å²) >= 11 is 6.74. The van der Waals surface area contributed by atoms with Crippen molar-refractivity contribution < 1.29 is 23.5 Å². The molecule has 5 nitrogen and oxygen atoms in total. The maximum atomic E-state index is 13.9. The first kappa shape index (κ1) is 24.5. The summed E-state index contributed by atoms with van der Waals surface area (Å²) in [6, 6.07) is 5.29. The first-order valence-electron chi connectivity index (χ1n) is 12.6. The highest BCUT2D eigenvalue weighted by Gasteiger charge is 2.54. The van der Waals surface area contributed by atoms with E-state index in [1.54, 1.807) is 6.20 Å². The van der Waals surface area contributed by atoms with Gasteiger partial charge in [-0.2, -0.15) is 0 Å². The fourth-order valence-corrected chi connectivity index (χ4v) is 6.57. The number of hydrogen-bond acceptors (Lipinski definition) is 2. The molecule has 3 saturated carbocycles. The minimum absolute atomic E-state index is 0.241. The van der Waals surface area contributed by atoms with Gasteiger partial charge in [0.05, 0.1) is 11.5 Å². The number of alkyl halides is 2. The zero-order chi connectivity index (χ0) is 25.3. The molecule has 5 rings (SSSR count). The monoisotopic (exact) mass is 506 g/mol. The molecule has 190 valence electrons. The van der Waals surface area contributed by atoms with E-state index in [9.17, 15) is 23.5 Å². The van der Waals surface area contributed by atoms with Crippen molar-refractivity contribution in [1.29, 1.82) is 0 Å². The van der Waals surface area contributed by atoms with Crippen LogP contribution in [0.4, 0.5) is 13.6 Å². The SMILES string of the molecule is CC(C)[C@H]1C[C@@H](c2ccc([C@]3(C)NC(=O)N([C@H]4C[C@H](C(=O)O)C4)C=C3C3CC(F)(F)C3)cc2Cl)C1. The lowest BCUT2D eigenvalue weighted by molar-refractivity contribution is -0.146. The van der Waals surface area contributed by atoms with Gasteiger partial charge < -0.3 is 10.4 Å². The zero-order valence-electron chi connectivity index (χ0n) is 20.4. The number of carbonyl (C=O) groups is 2. The van der Waals surface area contributed by atoms with E-state index < -0.39 is 23.3 Å². The van der Waals surface area contributed by atoms with Gasteiger partial charge in [0.1, 0.15) is 0 Å². The Balaban J connectivity index is 1.43. The van der Waals surface area contributed by atoms with Gasteiger partial charge in [0.25, 0.3) is 0 Å². The highest BCUT2D eigenvalue weighted by molar-refractivity contribution is 6.31. The quantitative estimate of drug-likeness (QED) is 0.461. The van der Waals surface area contributed by atoms with Gasteiger partial charge in [-0.1, -0.05) is 37.6 Å². The fourth-order valence-electron chi connectivity index (χ4n) is 6.24. The van der Waals surface area contributed by atoms with Gasteiger partial charge >= 0.3 is 12.0 Å². The van der Waals surface area contributed by atoms with Crippen molar-refractivity contribution >= 4 is 23.6 Å². The molecule has 3 fully saturated rings. The molecule has 3 aliphatic carbocycles. The minimum Gasteiger partial charge on any atom is -0.481 e. The summed E-state index contributed by atoms with van der Waals surface area (Å²) in [5, 5.41) is 12.9. The molecule has 0 radical (unpaired) electrons. The molecule has 0 saturated heterocycles. The highest BCUT2D eigenvalue weighted by Crippen LogP contribution is 2.53. The van der Waals surface area contributed by atoms with E-state index in [1.165, 1.54) is 4.90 Å². The molecular formula is C27H33ClF2N2O3. The van der Waals surface area contributed by atoms with Crippen molar-refractivity contribution in [3.8, 4) is 0 Å². The van der Waals surface area contributed by atoms with Gasteiger partial charge in [0.2, 0.25) is 5.92 Å². The Morgan fingerprint density at radius 3 is 2.37 bits per heavy atom. The van der Waals surface area contributed by atoms with Crippen molar-refractivity contribution in [3.05, 3.63) is 46.1 Å². The number of nitrogens with one attached hydrogen (secondary N) is 1. The molecule has 0 unspecified atom stereocenters. The average Bonchev–Trinajstić information content (AvgIpc) is 2.66. The standard InChI is InChI=1S/C27H33ClF2N2O3/c1-14(2)15-6-16(7-15)21-5-4-19(10-23(21)28)26(3)22(18-11-27(29,30)12-18)13-32(25(35)31-26)20-8-17(9-20)24(33)34/h4-5,10,13-18,20H,6-9,11-12H2,1-3H3,(H,31,35)(H,33,34)/t15-,16+,17-,20-,26-/m0/s1. The van der Waals surface area contributed by atoms with Gasteiger partial charge in [-0.25, -0.2) is 13.6 Å². The Morgan fingerprint density at radius 1 is 1.17 bits per heavy atom. The molecule has 0 aromatic heterocycles. The molecule has 8 heteroatoms. The molecule has 1 heterocycles. The van der Waals surface area contributed by atoms with E-state index in [0.29, 0.717) is 35.6 Å². The van der Waals surface area contributed by atoms with Crippen LogP contribution in [0.3, 0.4) is 0 Å². The number of urea groups is 1. The molecule has 0 spiro atoms. The van der Waals surface area contributed by atoms with Crippen molar-refractivity contribution in [1.82, 2.24) is 10.2 Å². The van der Waals surface area contributed by atoms with Crippen molar-refractivity contribution in [3.63, 3.8) is 0 Å². The van der Waals surface area contributed by atoms with Crippen molar-refractivity contribution in [2.75, 3.05) is 0 Å². The maximum absolute atomic E-state index is 13.9. The molecule has 1 aromatic rings. The zero-order valence-corrected chi connectivity index (χ0v) is 21.1. The number of carboxylic acids is 1. The third kappa shape index (κ3) is 4.24. The van der Waals surface area contributed by atoms with Crippen LogP contribution in [0.25, 0.3) is 0 Å². The summed E-state index contributed by atoms with van der Waals surface area (Å²) in [6.45, 7) is 6.34. The number of aliphatic carboxylic acids is 1. The third-order valence-corrected chi connectivity index (χ3v) is 9.29. The van der Waals surface area contributed by atoms with E-state index >= 15 is 0 Å². The van der Waals surface area contributed by atoms with Crippen LogP contribution in [0, 0.1) is 23.7 Å². The van der Waals surface area contributed by atoms with Crippen LogP contribution >= 0.6 is 11.6 Å². The summed E-state index contributed by atoms with van der Waals surface area (Å²) in [5.74, 6) is -2.63. The number of benzene rings is 1. The van der Waals surface area contributed by atoms with Gasteiger partial charge in [-0.15, -0.1) is 0 Å². The lowest BCUT2D eigenvalue weighted by Crippen LogP contribution is -2.60. The molecule has 1 atom stereocenters. The Hall–Kier alpha value is -2.15. The van der Waals surface area contributed by atoms with Gasteiger partial charge in [0.15, 0.2) is 0 Å². The fraction of sp³-hybridized carbons (Fsp3) is 0.630. The first-order valence-corrected chi connectivity index (χ1v) is 13.0. The molecule has 1 aliphatic heterocycles.